The fourth-order valence-electron chi connectivity index (χ4n) is 1.88. The molecule has 1 aromatic heterocycles. The zero-order valence-electron chi connectivity index (χ0n) is 10.0. The van der Waals surface area contributed by atoms with Crippen LogP contribution in [0.4, 0.5) is 0 Å². The summed E-state index contributed by atoms with van der Waals surface area (Å²) in [5, 5.41) is 15.6. The van der Waals surface area contributed by atoms with E-state index in [1.807, 2.05) is 17.7 Å². The molecule has 2 N–H and O–H groups in total. The van der Waals surface area contributed by atoms with Crippen molar-refractivity contribution >= 4 is 23.2 Å². The van der Waals surface area contributed by atoms with Crippen LogP contribution in [0.15, 0.2) is 10.8 Å². The predicted molar refractivity (Wildman–Crippen MR) is 66.4 cm³/mol. The van der Waals surface area contributed by atoms with Crippen LogP contribution in [0.1, 0.15) is 24.0 Å². The number of aryl methyl sites for hydroxylation is 1. The van der Waals surface area contributed by atoms with Crippen LogP contribution in [0.3, 0.4) is 0 Å². The first-order valence-corrected chi connectivity index (χ1v) is 6.70. The maximum Gasteiger partial charge on any atom is 0.332 e. The van der Waals surface area contributed by atoms with Crippen molar-refractivity contribution < 1.29 is 19.4 Å². The molecule has 2 rings (SSSR count). The van der Waals surface area contributed by atoms with Crippen LogP contribution in [-0.4, -0.2) is 29.2 Å². The normalized spacial score (nSPS) is 22.9. The lowest BCUT2D eigenvalue weighted by Crippen LogP contribution is -2.35. The lowest BCUT2D eigenvalue weighted by Gasteiger charge is -2.11. The molecular formula is C12H15NO4S. The Balaban J connectivity index is 1.83. The fourth-order valence-corrected chi connectivity index (χ4v) is 2.73. The van der Waals surface area contributed by atoms with Gasteiger partial charge in [-0.15, -0.1) is 0 Å². The second-order valence-corrected chi connectivity index (χ2v) is 5.07. The van der Waals surface area contributed by atoms with Gasteiger partial charge in [0.1, 0.15) is 6.10 Å². The Kier molecular flexibility index (Phi) is 3.98. The van der Waals surface area contributed by atoms with Crippen LogP contribution in [-0.2, 0) is 20.9 Å². The number of ether oxygens (including phenoxy) is 1. The quantitative estimate of drug-likeness (QED) is 0.864. The minimum absolute atomic E-state index is 0.232. The van der Waals surface area contributed by atoms with Gasteiger partial charge in [0, 0.05) is 6.54 Å². The lowest BCUT2D eigenvalue weighted by atomic mass is 10.2. The van der Waals surface area contributed by atoms with Gasteiger partial charge in [-0.2, -0.15) is 11.3 Å². The summed E-state index contributed by atoms with van der Waals surface area (Å²) in [6.45, 7) is 2.45. The number of carbonyl (C=O) groups excluding carboxylic acids is 1. The van der Waals surface area contributed by atoms with Crippen molar-refractivity contribution in [2.45, 2.75) is 38.5 Å². The Morgan fingerprint density at radius 1 is 1.44 bits per heavy atom. The summed E-state index contributed by atoms with van der Waals surface area (Å²) in [6.07, 6.45) is -0.621. The van der Waals surface area contributed by atoms with Gasteiger partial charge in [-0.25, -0.2) is 4.79 Å². The molecule has 0 saturated carbocycles. The predicted octanol–water partition coefficient (Wildman–Crippen LogP) is 1.30. The highest BCUT2D eigenvalue weighted by Gasteiger charge is 2.34. The molecule has 2 unspecified atom stereocenters. The van der Waals surface area contributed by atoms with E-state index in [9.17, 15) is 9.59 Å². The zero-order chi connectivity index (χ0) is 13.1. The van der Waals surface area contributed by atoms with E-state index < -0.39 is 18.2 Å². The molecule has 0 aromatic carbocycles. The highest BCUT2D eigenvalue weighted by atomic mass is 32.1. The number of carboxylic acid groups (broad SMARTS) is 1. The molecule has 6 heteroatoms. The molecule has 1 aliphatic rings. The monoisotopic (exact) mass is 269 g/mol. The molecule has 1 fully saturated rings. The van der Waals surface area contributed by atoms with Gasteiger partial charge in [-0.1, -0.05) is 0 Å². The first-order valence-electron chi connectivity index (χ1n) is 5.75. The van der Waals surface area contributed by atoms with Crippen LogP contribution in [0.25, 0.3) is 0 Å². The maximum absolute atomic E-state index is 11.8. The molecule has 2 heterocycles. The molecule has 2 atom stereocenters. The third kappa shape index (κ3) is 2.88. The molecular weight excluding hydrogens is 254 g/mol. The highest BCUT2D eigenvalue weighted by molar-refractivity contribution is 7.08. The standard InChI is InChI=1S/C12H15NO4S/c1-7-5-18-6-8(7)4-13-11(14)9-2-3-10(17-9)12(15)16/h5-6,9-10H,2-4H2,1H3,(H,13,14)(H,15,16). The topological polar surface area (TPSA) is 75.6 Å². The maximum atomic E-state index is 11.8. The van der Waals surface area contributed by atoms with Crippen LogP contribution in [0, 0.1) is 6.92 Å². The lowest BCUT2D eigenvalue weighted by molar-refractivity contribution is -0.151. The minimum Gasteiger partial charge on any atom is -0.479 e. The molecule has 0 spiro atoms. The summed E-state index contributed by atoms with van der Waals surface area (Å²) in [4.78, 5) is 22.5. The molecule has 1 saturated heterocycles. The van der Waals surface area contributed by atoms with E-state index in [2.05, 4.69) is 5.32 Å². The second kappa shape index (κ2) is 5.49. The summed E-state index contributed by atoms with van der Waals surface area (Å²) in [7, 11) is 0. The van der Waals surface area contributed by atoms with Crippen molar-refractivity contribution in [2.75, 3.05) is 0 Å². The first-order chi connectivity index (χ1) is 8.58. The van der Waals surface area contributed by atoms with Crippen molar-refractivity contribution in [3.8, 4) is 0 Å². The van der Waals surface area contributed by atoms with Gasteiger partial charge in [0.25, 0.3) is 0 Å². The second-order valence-electron chi connectivity index (χ2n) is 4.33. The average Bonchev–Trinajstić information content (AvgIpc) is 2.94. The molecule has 98 valence electrons. The molecule has 1 amide bonds. The largest absolute Gasteiger partial charge is 0.479 e. The molecule has 5 nitrogen and oxygen atoms in total. The van der Waals surface area contributed by atoms with Gasteiger partial charge < -0.3 is 15.2 Å². The Morgan fingerprint density at radius 3 is 2.72 bits per heavy atom. The summed E-state index contributed by atoms with van der Waals surface area (Å²) in [5.41, 5.74) is 2.23. The van der Waals surface area contributed by atoms with E-state index >= 15 is 0 Å². The molecule has 18 heavy (non-hydrogen) atoms. The number of rotatable bonds is 4. The summed E-state index contributed by atoms with van der Waals surface area (Å²) >= 11 is 1.59. The smallest absolute Gasteiger partial charge is 0.332 e. The molecule has 0 bridgehead atoms. The van der Waals surface area contributed by atoms with E-state index in [-0.39, 0.29) is 5.91 Å². The SMILES string of the molecule is Cc1cscc1CNC(=O)C1CCC(C(=O)O)O1. The number of aliphatic carboxylic acids is 1. The van der Waals surface area contributed by atoms with Crippen LogP contribution >= 0.6 is 11.3 Å². The number of carboxylic acids is 1. The van der Waals surface area contributed by atoms with Crippen molar-refractivity contribution in [1.82, 2.24) is 5.32 Å². The van der Waals surface area contributed by atoms with Crippen molar-refractivity contribution in [2.24, 2.45) is 0 Å². The Morgan fingerprint density at radius 2 is 2.17 bits per heavy atom. The first kappa shape index (κ1) is 13.0. The fraction of sp³-hybridized carbons (Fsp3) is 0.500. The Bertz CT molecular complexity index is 457. The van der Waals surface area contributed by atoms with Gasteiger partial charge in [0.2, 0.25) is 5.91 Å². The van der Waals surface area contributed by atoms with Gasteiger partial charge >= 0.3 is 5.97 Å². The number of hydrogen-bond donors (Lipinski definition) is 2. The Labute approximate surface area is 109 Å². The van der Waals surface area contributed by atoms with Gasteiger partial charge in [0.15, 0.2) is 6.10 Å². The minimum atomic E-state index is -1.00. The highest BCUT2D eigenvalue weighted by Crippen LogP contribution is 2.20. The van der Waals surface area contributed by atoms with Gasteiger partial charge in [-0.3, -0.25) is 4.79 Å². The van der Waals surface area contributed by atoms with Crippen LogP contribution in [0.5, 0.6) is 0 Å². The van der Waals surface area contributed by atoms with E-state index in [0.29, 0.717) is 19.4 Å². The average molecular weight is 269 g/mol. The van der Waals surface area contributed by atoms with E-state index in [0.717, 1.165) is 11.1 Å². The Hall–Kier alpha value is -1.40. The summed E-state index contributed by atoms with van der Waals surface area (Å²) in [5.74, 6) is -1.23. The van der Waals surface area contributed by atoms with Crippen molar-refractivity contribution in [1.29, 1.82) is 0 Å². The molecule has 1 aromatic rings. The summed E-state index contributed by atoms with van der Waals surface area (Å²) < 4.78 is 5.18. The van der Waals surface area contributed by atoms with E-state index in [4.69, 9.17) is 9.84 Å². The van der Waals surface area contributed by atoms with Crippen LogP contribution in [0.2, 0.25) is 0 Å². The zero-order valence-corrected chi connectivity index (χ0v) is 10.8. The van der Waals surface area contributed by atoms with Gasteiger partial charge in [0.05, 0.1) is 0 Å². The van der Waals surface area contributed by atoms with E-state index in [1.165, 1.54) is 0 Å². The third-order valence-corrected chi connectivity index (χ3v) is 3.91. The van der Waals surface area contributed by atoms with Crippen LogP contribution < -0.4 is 5.32 Å². The van der Waals surface area contributed by atoms with Crippen molar-refractivity contribution in [3.05, 3.63) is 21.9 Å². The summed E-state index contributed by atoms with van der Waals surface area (Å²) in [6, 6.07) is 0. The number of thiophene rings is 1. The molecule has 0 aliphatic carbocycles. The third-order valence-electron chi connectivity index (χ3n) is 3.00. The van der Waals surface area contributed by atoms with Gasteiger partial charge in [-0.05, 0) is 41.7 Å². The molecule has 0 radical (unpaired) electrons. The van der Waals surface area contributed by atoms with E-state index in [1.54, 1.807) is 11.3 Å². The number of amides is 1. The number of nitrogens with one attached hydrogen (secondary N) is 1. The van der Waals surface area contributed by atoms with Crippen molar-refractivity contribution in [3.63, 3.8) is 0 Å². The number of carbonyl (C=O) groups is 2. The molecule has 1 aliphatic heterocycles. The number of hydrogen-bond acceptors (Lipinski definition) is 4.